The average Bonchev–Trinajstić information content (AvgIpc) is 2.86. The molecule has 5 nitrogen and oxygen atoms in total. The Labute approximate surface area is 122 Å². The summed E-state index contributed by atoms with van der Waals surface area (Å²) < 4.78 is 39.8. The maximum Gasteiger partial charge on any atom is 0.417 e. The maximum absolute atomic E-state index is 12.9. The molecule has 0 aliphatic carbocycles. The van der Waals surface area contributed by atoms with E-state index in [0.29, 0.717) is 0 Å². The van der Waals surface area contributed by atoms with Gasteiger partial charge in [-0.3, -0.25) is 4.79 Å². The minimum Gasteiger partial charge on any atom is -0.389 e. The quantitative estimate of drug-likeness (QED) is 0.843. The van der Waals surface area contributed by atoms with Gasteiger partial charge in [-0.15, -0.1) is 0 Å². The van der Waals surface area contributed by atoms with Gasteiger partial charge in [0.1, 0.15) is 4.99 Å². The Hall–Kier alpha value is -2.42. The number of nitrogens with zero attached hydrogens (tertiary/aromatic N) is 2. The summed E-state index contributed by atoms with van der Waals surface area (Å²) in [4.78, 5) is 10.6. The first kappa shape index (κ1) is 15.0. The monoisotopic (exact) mass is 314 g/mol. The third kappa shape index (κ3) is 3.02. The minimum atomic E-state index is -4.57. The molecule has 0 aliphatic rings. The fourth-order valence-corrected chi connectivity index (χ4v) is 1.89. The summed E-state index contributed by atoms with van der Waals surface area (Å²) in [6.07, 6.45) is -2.06. The Morgan fingerprint density at radius 3 is 2.43 bits per heavy atom. The zero-order valence-electron chi connectivity index (χ0n) is 10.4. The Bertz CT molecular complexity index is 724. The summed E-state index contributed by atoms with van der Waals surface area (Å²) in [5.74, 6) is -0.692. The van der Waals surface area contributed by atoms with Gasteiger partial charge in [0, 0.05) is 11.8 Å². The number of hydrogen-bond acceptors (Lipinski definition) is 3. The minimum absolute atomic E-state index is 0.131. The molecule has 1 heterocycles. The Morgan fingerprint density at radius 2 is 1.95 bits per heavy atom. The van der Waals surface area contributed by atoms with Crippen molar-refractivity contribution in [3.8, 4) is 5.69 Å². The van der Waals surface area contributed by atoms with E-state index in [-0.39, 0.29) is 21.8 Å². The molecule has 9 heteroatoms. The molecule has 21 heavy (non-hydrogen) atoms. The van der Waals surface area contributed by atoms with Gasteiger partial charge < -0.3 is 11.5 Å². The van der Waals surface area contributed by atoms with Crippen molar-refractivity contribution in [1.29, 1.82) is 0 Å². The molecule has 110 valence electrons. The molecule has 2 rings (SSSR count). The summed E-state index contributed by atoms with van der Waals surface area (Å²) in [6.45, 7) is 0. The Morgan fingerprint density at radius 1 is 1.29 bits per heavy atom. The first-order valence-electron chi connectivity index (χ1n) is 5.56. The van der Waals surface area contributed by atoms with E-state index < -0.39 is 17.6 Å². The number of rotatable bonds is 3. The van der Waals surface area contributed by atoms with Crippen LogP contribution < -0.4 is 11.5 Å². The molecule has 0 bridgehead atoms. The van der Waals surface area contributed by atoms with Gasteiger partial charge in [0.25, 0.3) is 5.91 Å². The molecule has 2 aromatic rings. The first-order valence-corrected chi connectivity index (χ1v) is 5.97. The van der Waals surface area contributed by atoms with Crippen LogP contribution in [0.2, 0.25) is 0 Å². The molecule has 0 atom stereocenters. The van der Waals surface area contributed by atoms with E-state index >= 15 is 0 Å². The average molecular weight is 314 g/mol. The number of aromatic nitrogens is 2. The second kappa shape index (κ2) is 5.17. The lowest BCUT2D eigenvalue weighted by Gasteiger charge is -2.13. The number of benzene rings is 1. The van der Waals surface area contributed by atoms with Crippen LogP contribution in [0.4, 0.5) is 13.2 Å². The normalized spacial score (nSPS) is 11.4. The van der Waals surface area contributed by atoms with E-state index in [0.717, 1.165) is 12.1 Å². The largest absolute Gasteiger partial charge is 0.417 e. The topological polar surface area (TPSA) is 86.9 Å². The van der Waals surface area contributed by atoms with Crippen LogP contribution in [0.15, 0.2) is 30.6 Å². The molecule has 1 amide bonds. The van der Waals surface area contributed by atoms with E-state index in [1.165, 1.54) is 23.1 Å². The highest BCUT2D eigenvalue weighted by Gasteiger charge is 2.34. The third-order valence-corrected chi connectivity index (χ3v) is 2.93. The lowest BCUT2D eigenvalue weighted by atomic mass is 10.1. The lowest BCUT2D eigenvalue weighted by Crippen LogP contribution is -2.18. The number of carbonyl (C=O) groups is 1. The van der Waals surface area contributed by atoms with Crippen molar-refractivity contribution in [3.63, 3.8) is 0 Å². The molecule has 0 saturated carbocycles. The van der Waals surface area contributed by atoms with Gasteiger partial charge in [0.05, 0.1) is 23.0 Å². The molecule has 0 aliphatic heterocycles. The molecule has 1 aromatic heterocycles. The maximum atomic E-state index is 12.9. The predicted octanol–water partition coefficient (Wildman–Crippen LogP) is 1.62. The van der Waals surface area contributed by atoms with Crippen molar-refractivity contribution in [2.24, 2.45) is 11.5 Å². The predicted molar refractivity (Wildman–Crippen MR) is 73.0 cm³/mol. The van der Waals surface area contributed by atoms with Crippen molar-refractivity contribution < 1.29 is 18.0 Å². The van der Waals surface area contributed by atoms with Crippen LogP contribution in [0, 0.1) is 0 Å². The number of amides is 1. The van der Waals surface area contributed by atoms with Crippen molar-refractivity contribution in [3.05, 3.63) is 47.3 Å². The smallest absolute Gasteiger partial charge is 0.389 e. The van der Waals surface area contributed by atoms with Gasteiger partial charge in [-0.05, 0) is 18.2 Å². The summed E-state index contributed by atoms with van der Waals surface area (Å²) in [6, 6.07) is 3.21. The van der Waals surface area contributed by atoms with Gasteiger partial charge >= 0.3 is 6.18 Å². The highest BCUT2D eigenvalue weighted by Crippen LogP contribution is 2.33. The van der Waals surface area contributed by atoms with Crippen LogP contribution in [0.25, 0.3) is 5.69 Å². The number of carbonyl (C=O) groups excluding carboxylic acids is 1. The summed E-state index contributed by atoms with van der Waals surface area (Å²) in [7, 11) is 0. The second-order valence-electron chi connectivity index (χ2n) is 4.13. The molecule has 0 saturated heterocycles. The summed E-state index contributed by atoms with van der Waals surface area (Å²) in [5.41, 5.74) is 9.59. The standard InChI is InChI=1S/C12H9F3N4OS/c13-12(14,15)9-2-1-7(3-8(9)11(17)21)19-5-6(4-18-19)10(16)20/h1-5H,(H2,16,20)(H2,17,21). The Kier molecular flexibility index (Phi) is 3.69. The zero-order chi connectivity index (χ0) is 15.8. The Balaban J connectivity index is 2.54. The molecule has 0 unspecified atom stereocenters. The van der Waals surface area contributed by atoms with E-state index in [4.69, 9.17) is 11.5 Å². The van der Waals surface area contributed by atoms with Crippen LogP contribution in [0.1, 0.15) is 21.5 Å². The zero-order valence-corrected chi connectivity index (χ0v) is 11.2. The van der Waals surface area contributed by atoms with Crippen LogP contribution in [-0.4, -0.2) is 20.7 Å². The molecular formula is C12H9F3N4OS. The third-order valence-electron chi connectivity index (χ3n) is 2.71. The van der Waals surface area contributed by atoms with E-state index in [1.54, 1.807) is 0 Å². The molecule has 4 N–H and O–H groups in total. The molecule has 0 radical (unpaired) electrons. The SMILES string of the molecule is NC(=O)c1cnn(-c2ccc(C(F)(F)F)c(C(N)=S)c2)c1. The highest BCUT2D eigenvalue weighted by atomic mass is 32.1. The van der Waals surface area contributed by atoms with Crippen LogP contribution in [0.5, 0.6) is 0 Å². The van der Waals surface area contributed by atoms with Crippen LogP contribution >= 0.6 is 12.2 Å². The highest BCUT2D eigenvalue weighted by molar-refractivity contribution is 7.80. The molecular weight excluding hydrogens is 305 g/mol. The molecule has 1 aromatic carbocycles. The second-order valence-corrected chi connectivity index (χ2v) is 4.57. The number of hydrogen-bond donors (Lipinski definition) is 2. The fraction of sp³-hybridized carbons (Fsp3) is 0.0833. The van der Waals surface area contributed by atoms with Gasteiger partial charge in [0.15, 0.2) is 0 Å². The molecule has 0 fully saturated rings. The number of nitrogens with two attached hydrogens (primary N) is 2. The fourth-order valence-electron chi connectivity index (χ4n) is 1.72. The lowest BCUT2D eigenvalue weighted by molar-refractivity contribution is -0.137. The van der Waals surface area contributed by atoms with Crippen molar-refractivity contribution in [1.82, 2.24) is 9.78 Å². The van der Waals surface area contributed by atoms with E-state index in [9.17, 15) is 18.0 Å². The number of primary amides is 1. The van der Waals surface area contributed by atoms with E-state index in [1.807, 2.05) is 0 Å². The van der Waals surface area contributed by atoms with Crippen molar-refractivity contribution in [2.45, 2.75) is 6.18 Å². The number of thiocarbonyl (C=S) groups is 1. The van der Waals surface area contributed by atoms with E-state index in [2.05, 4.69) is 17.3 Å². The summed E-state index contributed by atoms with van der Waals surface area (Å²) in [5, 5.41) is 3.85. The van der Waals surface area contributed by atoms with Crippen molar-refractivity contribution in [2.75, 3.05) is 0 Å². The van der Waals surface area contributed by atoms with Crippen LogP contribution in [-0.2, 0) is 6.18 Å². The molecule has 0 spiro atoms. The number of alkyl halides is 3. The first-order chi connectivity index (χ1) is 9.70. The summed E-state index contributed by atoms with van der Waals surface area (Å²) >= 11 is 4.65. The van der Waals surface area contributed by atoms with Crippen LogP contribution in [0.3, 0.4) is 0 Å². The van der Waals surface area contributed by atoms with Gasteiger partial charge in [0.2, 0.25) is 0 Å². The van der Waals surface area contributed by atoms with Gasteiger partial charge in [-0.2, -0.15) is 18.3 Å². The number of halogens is 3. The van der Waals surface area contributed by atoms with Gasteiger partial charge in [-0.25, -0.2) is 4.68 Å². The van der Waals surface area contributed by atoms with Crippen molar-refractivity contribution >= 4 is 23.1 Å². The van der Waals surface area contributed by atoms with Gasteiger partial charge in [-0.1, -0.05) is 12.2 Å².